The number of carbonyl (C=O) groups is 1. The van der Waals surface area contributed by atoms with E-state index in [2.05, 4.69) is 4.98 Å². The summed E-state index contributed by atoms with van der Waals surface area (Å²) in [6.45, 7) is 0.824. The number of rotatable bonds is 2. The lowest BCUT2D eigenvalue weighted by molar-refractivity contribution is 0.0673. The maximum Gasteiger partial charge on any atom is 0.266 e. The zero-order chi connectivity index (χ0) is 19.3. The van der Waals surface area contributed by atoms with Crippen molar-refractivity contribution in [3.8, 4) is 11.4 Å². The third kappa shape index (κ3) is 2.63. The number of benzene rings is 1. The minimum atomic E-state index is -0.830. The van der Waals surface area contributed by atoms with E-state index < -0.39 is 6.17 Å². The van der Waals surface area contributed by atoms with Crippen LogP contribution in [0.3, 0.4) is 0 Å². The van der Waals surface area contributed by atoms with Gasteiger partial charge in [-0.1, -0.05) is 30.3 Å². The molecule has 1 saturated heterocycles. The lowest BCUT2D eigenvalue weighted by atomic mass is 10.1. The molecule has 142 valence electrons. The second kappa shape index (κ2) is 6.56. The molecule has 6 nitrogen and oxygen atoms in total. The maximum absolute atomic E-state index is 13.4. The summed E-state index contributed by atoms with van der Waals surface area (Å²) in [5.74, 6) is 0.595. The first-order chi connectivity index (χ1) is 13.6. The van der Waals surface area contributed by atoms with Crippen molar-refractivity contribution in [3.63, 3.8) is 0 Å². The predicted molar refractivity (Wildman–Crippen MR) is 108 cm³/mol. The number of piperidine rings is 1. The van der Waals surface area contributed by atoms with E-state index in [9.17, 15) is 9.18 Å². The van der Waals surface area contributed by atoms with Gasteiger partial charge in [0.1, 0.15) is 21.7 Å². The molecule has 0 radical (unpaired) electrons. The minimum absolute atomic E-state index is 0.154. The van der Waals surface area contributed by atoms with Gasteiger partial charge in [0, 0.05) is 31.0 Å². The Morgan fingerprint density at radius 1 is 1.21 bits per heavy atom. The van der Waals surface area contributed by atoms with Crippen LogP contribution in [0.5, 0.6) is 0 Å². The molecule has 4 aromatic rings. The molecule has 0 spiro atoms. The van der Waals surface area contributed by atoms with Crippen LogP contribution in [0.1, 0.15) is 22.5 Å². The van der Waals surface area contributed by atoms with Gasteiger partial charge in [0.05, 0.1) is 11.1 Å². The number of halogens is 1. The van der Waals surface area contributed by atoms with Crippen molar-refractivity contribution in [1.82, 2.24) is 19.3 Å². The number of carbonyl (C=O) groups excluding carboxylic acids is 1. The van der Waals surface area contributed by atoms with Crippen LogP contribution in [-0.4, -0.2) is 44.4 Å². The number of amides is 1. The summed E-state index contributed by atoms with van der Waals surface area (Å²) >= 11 is 1.28. The Morgan fingerprint density at radius 2 is 1.96 bits per heavy atom. The quantitative estimate of drug-likeness (QED) is 0.561. The van der Waals surface area contributed by atoms with Crippen LogP contribution in [0.15, 0.2) is 42.7 Å². The van der Waals surface area contributed by atoms with Crippen molar-refractivity contribution in [1.29, 1.82) is 0 Å². The summed E-state index contributed by atoms with van der Waals surface area (Å²) in [6, 6.07) is 9.83. The van der Waals surface area contributed by atoms with Gasteiger partial charge in [0.15, 0.2) is 5.65 Å². The van der Waals surface area contributed by atoms with E-state index in [4.69, 9.17) is 10.7 Å². The van der Waals surface area contributed by atoms with Gasteiger partial charge in [0.2, 0.25) is 0 Å². The molecule has 1 aliphatic rings. The van der Waals surface area contributed by atoms with E-state index >= 15 is 0 Å². The average Bonchev–Trinajstić information content (AvgIpc) is 3.32. The summed E-state index contributed by atoms with van der Waals surface area (Å²) in [7, 11) is 0. The Balaban J connectivity index is 1.66. The van der Waals surface area contributed by atoms with Crippen molar-refractivity contribution in [2.75, 3.05) is 18.8 Å². The Kier molecular flexibility index (Phi) is 4.01. The van der Waals surface area contributed by atoms with Gasteiger partial charge >= 0.3 is 0 Å². The molecule has 5 rings (SSSR count). The van der Waals surface area contributed by atoms with Crippen LogP contribution in [0.2, 0.25) is 0 Å². The van der Waals surface area contributed by atoms with Gasteiger partial charge in [-0.25, -0.2) is 14.4 Å². The lowest BCUT2D eigenvalue weighted by Gasteiger charge is -2.28. The van der Waals surface area contributed by atoms with E-state index in [0.717, 1.165) is 11.4 Å². The van der Waals surface area contributed by atoms with Crippen molar-refractivity contribution in [2.24, 2.45) is 0 Å². The van der Waals surface area contributed by atoms with Gasteiger partial charge < -0.3 is 10.6 Å². The molecule has 0 saturated carbocycles. The van der Waals surface area contributed by atoms with Gasteiger partial charge in [-0.15, -0.1) is 11.3 Å². The number of anilines is 1. The van der Waals surface area contributed by atoms with E-state index in [0.29, 0.717) is 52.4 Å². The number of imidazole rings is 1. The van der Waals surface area contributed by atoms with Gasteiger partial charge in [-0.05, 0) is 12.8 Å². The number of likely N-dealkylation sites (tertiary alicyclic amines) is 1. The number of aromatic nitrogens is 3. The first kappa shape index (κ1) is 17.1. The monoisotopic (exact) mass is 395 g/mol. The van der Waals surface area contributed by atoms with E-state index in [1.807, 2.05) is 40.9 Å². The zero-order valence-electron chi connectivity index (χ0n) is 15.0. The third-order valence-electron chi connectivity index (χ3n) is 5.16. The smallest absolute Gasteiger partial charge is 0.266 e. The number of alkyl halides is 1. The topological polar surface area (TPSA) is 76.5 Å². The van der Waals surface area contributed by atoms with Crippen molar-refractivity contribution < 1.29 is 9.18 Å². The fourth-order valence-electron chi connectivity index (χ4n) is 3.68. The first-order valence-electron chi connectivity index (χ1n) is 9.17. The van der Waals surface area contributed by atoms with Crippen LogP contribution in [0.25, 0.3) is 27.3 Å². The highest BCUT2D eigenvalue weighted by atomic mass is 32.1. The first-order valence-corrected chi connectivity index (χ1v) is 9.99. The van der Waals surface area contributed by atoms with Crippen molar-refractivity contribution in [3.05, 3.63) is 47.6 Å². The molecular formula is C20H18FN5OS. The fourth-order valence-corrected chi connectivity index (χ4v) is 4.74. The predicted octanol–water partition coefficient (Wildman–Crippen LogP) is 3.77. The summed E-state index contributed by atoms with van der Waals surface area (Å²) in [5.41, 5.74) is 8.42. The number of nitrogens with two attached hydrogens (primary N) is 1. The Labute approximate surface area is 164 Å². The Morgan fingerprint density at radius 3 is 2.71 bits per heavy atom. The number of hydrogen-bond acceptors (Lipinski definition) is 5. The van der Waals surface area contributed by atoms with Gasteiger partial charge in [-0.3, -0.25) is 9.20 Å². The SMILES string of the molecule is Nc1c(C(=O)N2CCC(F)CC2)sc2nc(-c3ccccc3)n3ccnc3c12. The van der Waals surface area contributed by atoms with Crippen LogP contribution in [-0.2, 0) is 0 Å². The van der Waals surface area contributed by atoms with E-state index in [1.54, 1.807) is 11.1 Å². The highest BCUT2D eigenvalue weighted by Crippen LogP contribution is 2.37. The highest BCUT2D eigenvalue weighted by Gasteiger charge is 2.28. The zero-order valence-corrected chi connectivity index (χ0v) is 15.8. The second-order valence-electron chi connectivity index (χ2n) is 6.91. The lowest BCUT2D eigenvalue weighted by Crippen LogP contribution is -2.38. The molecule has 0 atom stereocenters. The standard InChI is InChI=1S/C20H18FN5OS/c21-13-6-9-25(10-7-13)20(27)16-15(22)14-18-23-8-11-26(18)17(24-19(14)28-16)12-4-2-1-3-5-12/h1-5,8,11,13H,6-7,9-10,22H2. The maximum atomic E-state index is 13.4. The third-order valence-corrected chi connectivity index (χ3v) is 6.25. The fraction of sp³-hybridized carbons (Fsp3) is 0.250. The van der Waals surface area contributed by atoms with Crippen LogP contribution in [0.4, 0.5) is 10.1 Å². The minimum Gasteiger partial charge on any atom is -0.397 e. The molecule has 1 aromatic carbocycles. The number of nitrogen functional groups attached to an aromatic ring is 1. The summed E-state index contributed by atoms with van der Waals surface area (Å²) < 4.78 is 15.3. The summed E-state index contributed by atoms with van der Waals surface area (Å²) in [4.78, 5) is 25.1. The Hall–Kier alpha value is -3.00. The molecule has 8 heteroatoms. The molecule has 4 heterocycles. The van der Waals surface area contributed by atoms with E-state index in [-0.39, 0.29) is 5.91 Å². The van der Waals surface area contributed by atoms with Crippen LogP contribution in [0, 0.1) is 0 Å². The molecular weight excluding hydrogens is 377 g/mol. The normalized spacial score (nSPS) is 15.5. The molecule has 2 N–H and O–H groups in total. The summed E-state index contributed by atoms with van der Waals surface area (Å²) in [5, 5.41) is 0.693. The van der Waals surface area contributed by atoms with Crippen molar-refractivity contribution in [2.45, 2.75) is 19.0 Å². The second-order valence-corrected chi connectivity index (χ2v) is 7.91. The van der Waals surface area contributed by atoms with Gasteiger partial charge in [0.25, 0.3) is 5.91 Å². The number of thiophene rings is 1. The largest absolute Gasteiger partial charge is 0.397 e. The molecule has 1 fully saturated rings. The molecule has 0 aliphatic carbocycles. The van der Waals surface area contributed by atoms with Crippen LogP contribution < -0.4 is 5.73 Å². The number of hydrogen-bond donors (Lipinski definition) is 1. The number of nitrogens with zero attached hydrogens (tertiary/aromatic N) is 4. The van der Waals surface area contributed by atoms with Gasteiger partial charge in [-0.2, -0.15) is 0 Å². The van der Waals surface area contributed by atoms with E-state index in [1.165, 1.54) is 11.3 Å². The molecule has 1 amide bonds. The average molecular weight is 395 g/mol. The molecule has 0 unspecified atom stereocenters. The highest BCUT2D eigenvalue weighted by molar-refractivity contribution is 7.21. The Bertz CT molecular complexity index is 1180. The molecule has 28 heavy (non-hydrogen) atoms. The number of fused-ring (bicyclic) bond motifs is 3. The summed E-state index contributed by atoms with van der Waals surface area (Å²) in [6.07, 6.45) is 3.46. The molecule has 1 aliphatic heterocycles. The molecule has 3 aromatic heterocycles. The van der Waals surface area contributed by atoms with Crippen LogP contribution >= 0.6 is 11.3 Å². The van der Waals surface area contributed by atoms with Crippen molar-refractivity contribution >= 4 is 38.8 Å². The molecule has 0 bridgehead atoms.